The van der Waals surface area contributed by atoms with E-state index in [0.717, 1.165) is 4.57 Å². The lowest BCUT2D eigenvalue weighted by Crippen LogP contribution is -2.21. The van der Waals surface area contributed by atoms with Gasteiger partial charge in [-0.3, -0.25) is 23.5 Å². The van der Waals surface area contributed by atoms with Gasteiger partial charge in [-0.25, -0.2) is 9.55 Å². The highest BCUT2D eigenvalue weighted by Crippen LogP contribution is 2.36. The molecule has 2 heterocycles. The Hall–Kier alpha value is -1.63. The van der Waals surface area contributed by atoms with Crippen molar-refractivity contribution in [2.45, 2.75) is 19.8 Å². The Morgan fingerprint density at radius 3 is 2.58 bits per heavy atom. The van der Waals surface area contributed by atoms with E-state index in [2.05, 4.69) is 9.51 Å². The standard InChI is InChI=1S/C10H14N3O5P/c1-6(2)9-11-4-7-10(14)12(3)8(5-13(7)9)18-19(15,16)17/h4-6H,1-3H3,(H2,15,16,17). The van der Waals surface area contributed by atoms with Gasteiger partial charge in [0, 0.05) is 13.0 Å². The number of rotatable bonds is 3. The van der Waals surface area contributed by atoms with Crippen LogP contribution in [0.2, 0.25) is 0 Å². The van der Waals surface area contributed by atoms with Gasteiger partial charge in [-0.2, -0.15) is 0 Å². The van der Waals surface area contributed by atoms with E-state index in [1.54, 1.807) is 0 Å². The monoisotopic (exact) mass is 287 g/mol. The fraction of sp³-hybridized carbons (Fsp3) is 0.400. The molecule has 2 aromatic heterocycles. The fourth-order valence-corrected chi connectivity index (χ4v) is 2.19. The van der Waals surface area contributed by atoms with Gasteiger partial charge in [0.1, 0.15) is 11.3 Å². The molecule has 9 heteroatoms. The first-order chi connectivity index (χ1) is 8.70. The molecule has 0 spiro atoms. The van der Waals surface area contributed by atoms with Crippen LogP contribution >= 0.6 is 7.82 Å². The van der Waals surface area contributed by atoms with Gasteiger partial charge in [-0.15, -0.1) is 0 Å². The molecule has 0 radical (unpaired) electrons. The summed E-state index contributed by atoms with van der Waals surface area (Å²) in [6.45, 7) is 3.80. The molecule has 2 N–H and O–H groups in total. The highest BCUT2D eigenvalue weighted by Gasteiger charge is 2.20. The van der Waals surface area contributed by atoms with Gasteiger partial charge >= 0.3 is 7.82 Å². The Labute approximate surface area is 108 Å². The summed E-state index contributed by atoms with van der Waals surface area (Å²) in [4.78, 5) is 33.8. The predicted octanol–water partition coefficient (Wildman–Crippen LogP) is 0.628. The van der Waals surface area contributed by atoms with Crippen molar-refractivity contribution in [1.82, 2.24) is 14.0 Å². The van der Waals surface area contributed by atoms with Gasteiger partial charge in [0.15, 0.2) is 0 Å². The zero-order valence-corrected chi connectivity index (χ0v) is 11.5. The summed E-state index contributed by atoms with van der Waals surface area (Å²) in [5.41, 5.74) is -0.116. The molecule has 2 rings (SSSR count). The number of phosphoric ester groups is 1. The van der Waals surface area contributed by atoms with Crippen molar-refractivity contribution in [1.29, 1.82) is 0 Å². The highest BCUT2D eigenvalue weighted by molar-refractivity contribution is 7.46. The van der Waals surface area contributed by atoms with Crippen molar-refractivity contribution in [2.24, 2.45) is 7.05 Å². The van der Waals surface area contributed by atoms with E-state index in [1.165, 1.54) is 23.8 Å². The van der Waals surface area contributed by atoms with Crippen molar-refractivity contribution in [2.75, 3.05) is 0 Å². The fourth-order valence-electron chi connectivity index (χ4n) is 1.77. The van der Waals surface area contributed by atoms with Crippen LogP contribution in [-0.4, -0.2) is 23.7 Å². The number of aromatic nitrogens is 3. The molecule has 0 aliphatic carbocycles. The van der Waals surface area contributed by atoms with E-state index in [4.69, 9.17) is 9.79 Å². The summed E-state index contributed by atoms with van der Waals surface area (Å²) in [5, 5.41) is 0. The number of hydrogen-bond donors (Lipinski definition) is 2. The summed E-state index contributed by atoms with van der Waals surface area (Å²) < 4.78 is 17.9. The number of fused-ring (bicyclic) bond motifs is 1. The minimum atomic E-state index is -4.73. The molecular weight excluding hydrogens is 273 g/mol. The number of imidazole rings is 1. The third kappa shape index (κ3) is 2.56. The topological polar surface area (TPSA) is 106 Å². The van der Waals surface area contributed by atoms with Crippen molar-refractivity contribution in [3.05, 3.63) is 28.6 Å². The van der Waals surface area contributed by atoms with E-state index in [-0.39, 0.29) is 11.8 Å². The van der Waals surface area contributed by atoms with Crippen LogP contribution in [0.5, 0.6) is 5.88 Å². The normalized spacial score (nSPS) is 12.3. The summed E-state index contributed by atoms with van der Waals surface area (Å²) in [5.74, 6) is 0.450. The Morgan fingerprint density at radius 1 is 1.42 bits per heavy atom. The molecule has 0 atom stereocenters. The number of nitrogens with zero attached hydrogens (tertiary/aromatic N) is 3. The Kier molecular flexibility index (Phi) is 3.25. The Balaban J connectivity index is 2.73. The molecule has 0 unspecified atom stereocenters. The van der Waals surface area contributed by atoms with E-state index in [9.17, 15) is 9.36 Å². The van der Waals surface area contributed by atoms with Crippen molar-refractivity contribution < 1.29 is 18.9 Å². The minimum absolute atomic E-state index is 0.0533. The zero-order chi connectivity index (χ0) is 14.4. The molecule has 104 valence electrons. The van der Waals surface area contributed by atoms with E-state index in [0.29, 0.717) is 11.3 Å². The largest absolute Gasteiger partial charge is 0.526 e. The molecule has 0 fully saturated rings. The van der Waals surface area contributed by atoms with E-state index in [1.807, 2.05) is 13.8 Å². The Morgan fingerprint density at radius 2 is 2.05 bits per heavy atom. The van der Waals surface area contributed by atoms with Crippen LogP contribution in [-0.2, 0) is 11.6 Å². The minimum Gasteiger partial charge on any atom is -0.386 e. The lowest BCUT2D eigenvalue weighted by Gasteiger charge is -2.12. The first-order valence-electron chi connectivity index (χ1n) is 5.53. The van der Waals surface area contributed by atoms with E-state index >= 15 is 0 Å². The van der Waals surface area contributed by atoms with Crippen molar-refractivity contribution in [3.8, 4) is 5.88 Å². The van der Waals surface area contributed by atoms with Crippen molar-refractivity contribution >= 4 is 13.3 Å². The molecule has 19 heavy (non-hydrogen) atoms. The summed E-state index contributed by atoms with van der Waals surface area (Å²) in [6.07, 6.45) is 2.77. The third-order valence-corrected chi connectivity index (χ3v) is 3.07. The van der Waals surface area contributed by atoms with Gasteiger partial charge in [0.25, 0.3) is 5.56 Å². The number of phosphoric acid groups is 1. The quantitative estimate of drug-likeness (QED) is 0.802. The first kappa shape index (κ1) is 13.8. The molecule has 0 amide bonds. The predicted molar refractivity (Wildman–Crippen MR) is 67.2 cm³/mol. The van der Waals surface area contributed by atoms with Crippen LogP contribution in [0.3, 0.4) is 0 Å². The lowest BCUT2D eigenvalue weighted by molar-refractivity contribution is 0.274. The SMILES string of the molecule is CC(C)c1ncc2c(=O)n(C)c(OP(=O)(O)O)cn12. The smallest absolute Gasteiger partial charge is 0.386 e. The van der Waals surface area contributed by atoms with Gasteiger partial charge in [-0.05, 0) is 0 Å². The molecule has 0 aliphatic heterocycles. The highest BCUT2D eigenvalue weighted by atomic mass is 31.2. The lowest BCUT2D eigenvalue weighted by atomic mass is 10.2. The van der Waals surface area contributed by atoms with Gasteiger partial charge < -0.3 is 4.52 Å². The maximum atomic E-state index is 12.0. The Bertz CT molecular complexity index is 727. The molecule has 8 nitrogen and oxygen atoms in total. The van der Waals surface area contributed by atoms with Crippen LogP contribution in [0.4, 0.5) is 0 Å². The average Bonchev–Trinajstić information content (AvgIpc) is 2.67. The van der Waals surface area contributed by atoms with Crippen molar-refractivity contribution in [3.63, 3.8) is 0 Å². The zero-order valence-electron chi connectivity index (χ0n) is 10.6. The molecule has 0 saturated heterocycles. The molecule has 0 bridgehead atoms. The maximum Gasteiger partial charge on any atom is 0.526 e. The molecule has 0 aliphatic rings. The first-order valence-corrected chi connectivity index (χ1v) is 7.06. The van der Waals surface area contributed by atoms with Gasteiger partial charge in [0.2, 0.25) is 5.88 Å². The molecule has 0 aromatic carbocycles. The second-order valence-electron chi connectivity index (χ2n) is 4.44. The second kappa shape index (κ2) is 4.48. The molecule has 2 aromatic rings. The molecular formula is C10H14N3O5P. The number of hydrogen-bond acceptors (Lipinski definition) is 4. The maximum absolute atomic E-state index is 12.0. The second-order valence-corrected chi connectivity index (χ2v) is 5.60. The molecule has 0 saturated carbocycles. The average molecular weight is 287 g/mol. The van der Waals surface area contributed by atoms with Crippen LogP contribution < -0.4 is 10.1 Å². The van der Waals surface area contributed by atoms with Crippen LogP contribution in [0.25, 0.3) is 5.52 Å². The third-order valence-electron chi connectivity index (χ3n) is 2.65. The van der Waals surface area contributed by atoms with Crippen LogP contribution in [0.1, 0.15) is 25.6 Å². The summed E-state index contributed by atoms with van der Waals surface area (Å²) in [6, 6.07) is 0. The van der Waals surface area contributed by atoms with E-state index < -0.39 is 13.4 Å². The van der Waals surface area contributed by atoms with Crippen LogP contribution in [0.15, 0.2) is 17.2 Å². The van der Waals surface area contributed by atoms with Gasteiger partial charge in [-0.1, -0.05) is 13.8 Å². The summed E-state index contributed by atoms with van der Waals surface area (Å²) >= 11 is 0. The summed E-state index contributed by atoms with van der Waals surface area (Å²) in [7, 11) is -3.36. The van der Waals surface area contributed by atoms with Crippen LogP contribution in [0, 0.1) is 0 Å². The van der Waals surface area contributed by atoms with Gasteiger partial charge in [0.05, 0.1) is 12.4 Å².